The average molecular weight is 355 g/mol. The number of anilines is 2. The van der Waals surface area contributed by atoms with Gasteiger partial charge in [0.1, 0.15) is 6.04 Å². The van der Waals surface area contributed by atoms with E-state index >= 15 is 0 Å². The second-order valence-electron chi connectivity index (χ2n) is 5.85. The quantitative estimate of drug-likeness (QED) is 0.642. The van der Waals surface area contributed by atoms with E-state index in [1.54, 1.807) is 0 Å². The summed E-state index contributed by atoms with van der Waals surface area (Å²) in [7, 11) is 0. The maximum absolute atomic E-state index is 12.1. The number of nitrogens with one attached hydrogen (secondary N) is 3. The van der Waals surface area contributed by atoms with Crippen LogP contribution in [0.25, 0.3) is 0 Å². The Morgan fingerprint density at radius 2 is 2.12 bits per heavy atom. The Balaban J connectivity index is 2.09. The predicted molar refractivity (Wildman–Crippen MR) is 90.2 cm³/mol. The minimum atomic E-state index is -0.777. The van der Waals surface area contributed by atoms with Crippen LogP contribution in [0.15, 0.2) is 12.1 Å². The lowest BCUT2D eigenvalue weighted by Gasteiger charge is -2.21. The van der Waals surface area contributed by atoms with Crippen LogP contribution < -0.4 is 26.4 Å². The Hall–Kier alpha value is -2.48. The molecule has 0 fully saturated rings. The molecule has 1 aromatic carbocycles. The molecule has 4 amide bonds. The fraction of sp³-hybridized carbons (Fsp3) is 0.400. The maximum Gasteiger partial charge on any atom is 0.319 e. The van der Waals surface area contributed by atoms with Gasteiger partial charge in [-0.3, -0.25) is 9.59 Å². The number of halogens is 1. The number of benzene rings is 1. The Morgan fingerprint density at radius 1 is 1.42 bits per heavy atom. The number of rotatable bonds is 5. The van der Waals surface area contributed by atoms with Crippen molar-refractivity contribution < 1.29 is 19.1 Å². The molecule has 0 spiro atoms. The van der Waals surface area contributed by atoms with E-state index in [4.69, 9.17) is 22.1 Å². The molecule has 1 aliphatic heterocycles. The number of hydrogen-bond acceptors (Lipinski definition) is 4. The smallest absolute Gasteiger partial charge is 0.319 e. The van der Waals surface area contributed by atoms with Crippen molar-refractivity contribution in [1.29, 1.82) is 0 Å². The lowest BCUT2D eigenvalue weighted by atomic mass is 10.0. The normalized spacial score (nSPS) is 14.2. The average Bonchev–Trinajstić information content (AvgIpc) is 2.45. The molecule has 9 heteroatoms. The standard InChI is InChI=1S/C15H19ClN4O4/c1-7(2)3-11(14(17)22)20-15(23)18-8-4-9(16)13-10(5-8)19-12(21)6-24-13/h4-5,7,11H,3,6H2,1-2H3,(H2,17,22)(H,19,21)(H2,18,20,23)/t11-/m0/s1. The van der Waals surface area contributed by atoms with E-state index in [1.807, 2.05) is 13.8 Å². The lowest BCUT2D eigenvalue weighted by molar-refractivity contribution is -0.120. The Labute approximate surface area is 144 Å². The third-order valence-corrected chi connectivity index (χ3v) is 3.56. The van der Waals surface area contributed by atoms with Crippen molar-refractivity contribution in [2.75, 3.05) is 17.2 Å². The molecule has 0 aliphatic carbocycles. The van der Waals surface area contributed by atoms with Crippen LogP contribution in [-0.2, 0) is 9.59 Å². The monoisotopic (exact) mass is 354 g/mol. The highest BCUT2D eigenvalue weighted by molar-refractivity contribution is 6.33. The number of fused-ring (bicyclic) bond motifs is 1. The second-order valence-corrected chi connectivity index (χ2v) is 6.26. The van der Waals surface area contributed by atoms with Crippen molar-refractivity contribution >= 4 is 40.8 Å². The van der Waals surface area contributed by atoms with Crippen LogP contribution in [-0.4, -0.2) is 30.5 Å². The predicted octanol–water partition coefficient (Wildman–Crippen LogP) is 1.69. The van der Waals surface area contributed by atoms with Gasteiger partial charge in [-0.2, -0.15) is 0 Å². The highest BCUT2D eigenvalue weighted by atomic mass is 35.5. The number of hydrogen-bond donors (Lipinski definition) is 4. The van der Waals surface area contributed by atoms with Crippen molar-refractivity contribution in [3.63, 3.8) is 0 Å². The number of nitrogens with two attached hydrogens (primary N) is 1. The van der Waals surface area contributed by atoms with E-state index in [1.165, 1.54) is 12.1 Å². The van der Waals surface area contributed by atoms with Crippen LogP contribution in [0.1, 0.15) is 20.3 Å². The highest BCUT2D eigenvalue weighted by Crippen LogP contribution is 2.38. The zero-order valence-electron chi connectivity index (χ0n) is 13.3. The van der Waals surface area contributed by atoms with Gasteiger partial charge in [-0.05, 0) is 24.5 Å². The summed E-state index contributed by atoms with van der Waals surface area (Å²) in [5, 5.41) is 7.93. The summed E-state index contributed by atoms with van der Waals surface area (Å²) in [5.74, 6) is -0.390. The first-order valence-electron chi connectivity index (χ1n) is 7.39. The van der Waals surface area contributed by atoms with Crippen LogP contribution in [0, 0.1) is 5.92 Å². The van der Waals surface area contributed by atoms with E-state index in [2.05, 4.69) is 16.0 Å². The molecule has 1 heterocycles. The first-order valence-corrected chi connectivity index (χ1v) is 7.77. The number of carbonyl (C=O) groups excluding carboxylic acids is 3. The number of primary amides is 1. The Kier molecular flexibility index (Phi) is 5.50. The fourth-order valence-electron chi connectivity index (χ4n) is 2.27. The third-order valence-electron chi connectivity index (χ3n) is 3.28. The summed E-state index contributed by atoms with van der Waals surface area (Å²) in [5.41, 5.74) is 6.00. The summed E-state index contributed by atoms with van der Waals surface area (Å²) >= 11 is 6.08. The molecule has 0 bridgehead atoms. The third kappa shape index (κ3) is 4.51. The highest BCUT2D eigenvalue weighted by Gasteiger charge is 2.22. The molecular formula is C15H19ClN4O4. The largest absolute Gasteiger partial charge is 0.480 e. The van der Waals surface area contributed by atoms with Gasteiger partial charge in [-0.15, -0.1) is 0 Å². The molecule has 0 aromatic heterocycles. The summed E-state index contributed by atoms with van der Waals surface area (Å²) in [6.45, 7) is 3.72. The van der Waals surface area contributed by atoms with Crippen molar-refractivity contribution in [3.05, 3.63) is 17.2 Å². The fourth-order valence-corrected chi connectivity index (χ4v) is 2.55. The van der Waals surface area contributed by atoms with Gasteiger partial charge in [-0.1, -0.05) is 25.4 Å². The van der Waals surface area contributed by atoms with E-state index in [9.17, 15) is 14.4 Å². The Morgan fingerprint density at radius 3 is 2.75 bits per heavy atom. The topological polar surface area (TPSA) is 123 Å². The van der Waals surface area contributed by atoms with Gasteiger partial charge in [0.05, 0.1) is 10.7 Å². The van der Waals surface area contributed by atoms with Gasteiger partial charge < -0.3 is 26.4 Å². The molecule has 1 aromatic rings. The van der Waals surface area contributed by atoms with Crippen LogP contribution in [0.2, 0.25) is 5.02 Å². The van der Waals surface area contributed by atoms with Crippen molar-refractivity contribution in [2.24, 2.45) is 11.7 Å². The van der Waals surface area contributed by atoms with Gasteiger partial charge in [0.2, 0.25) is 5.91 Å². The number of urea groups is 1. The van der Waals surface area contributed by atoms with Gasteiger partial charge >= 0.3 is 6.03 Å². The van der Waals surface area contributed by atoms with E-state index in [0.717, 1.165) is 0 Å². The zero-order chi connectivity index (χ0) is 17.9. The van der Waals surface area contributed by atoms with Gasteiger partial charge in [0, 0.05) is 5.69 Å². The second kappa shape index (κ2) is 7.39. The van der Waals surface area contributed by atoms with Crippen LogP contribution in [0.3, 0.4) is 0 Å². The number of ether oxygens (including phenoxy) is 1. The molecule has 5 N–H and O–H groups in total. The summed E-state index contributed by atoms with van der Waals surface area (Å²) < 4.78 is 5.23. The molecule has 1 atom stereocenters. The van der Waals surface area contributed by atoms with Crippen molar-refractivity contribution in [1.82, 2.24) is 5.32 Å². The molecule has 2 rings (SSSR count). The maximum atomic E-state index is 12.1. The molecule has 0 saturated heterocycles. The van der Waals surface area contributed by atoms with E-state index in [0.29, 0.717) is 23.5 Å². The Bertz CT molecular complexity index is 678. The molecule has 0 saturated carbocycles. The molecular weight excluding hydrogens is 336 g/mol. The molecule has 130 valence electrons. The molecule has 1 aliphatic rings. The minimum absolute atomic E-state index is 0.116. The van der Waals surface area contributed by atoms with Crippen LogP contribution >= 0.6 is 11.6 Å². The summed E-state index contributed by atoms with van der Waals surface area (Å²) in [4.78, 5) is 34.8. The summed E-state index contributed by atoms with van der Waals surface area (Å²) in [6, 6.07) is 1.62. The lowest BCUT2D eigenvalue weighted by Crippen LogP contribution is -2.46. The van der Waals surface area contributed by atoms with Crippen LogP contribution in [0.4, 0.5) is 16.2 Å². The van der Waals surface area contributed by atoms with Crippen molar-refractivity contribution in [3.8, 4) is 5.75 Å². The molecule has 0 radical (unpaired) electrons. The van der Waals surface area contributed by atoms with E-state index < -0.39 is 18.0 Å². The first-order chi connectivity index (χ1) is 11.3. The van der Waals surface area contributed by atoms with Gasteiger partial charge in [-0.25, -0.2) is 4.79 Å². The minimum Gasteiger partial charge on any atom is -0.480 e. The van der Waals surface area contributed by atoms with Crippen molar-refractivity contribution in [2.45, 2.75) is 26.3 Å². The summed E-state index contributed by atoms with van der Waals surface area (Å²) in [6.07, 6.45) is 0.428. The molecule has 24 heavy (non-hydrogen) atoms. The molecule has 0 unspecified atom stereocenters. The van der Waals surface area contributed by atoms with Gasteiger partial charge in [0.25, 0.3) is 5.91 Å². The van der Waals surface area contributed by atoms with E-state index in [-0.39, 0.29) is 23.5 Å². The molecule has 8 nitrogen and oxygen atoms in total. The van der Waals surface area contributed by atoms with Gasteiger partial charge in [0.15, 0.2) is 12.4 Å². The van der Waals surface area contributed by atoms with Crippen LogP contribution in [0.5, 0.6) is 5.75 Å². The number of amides is 4. The SMILES string of the molecule is CC(C)C[C@H](NC(=O)Nc1cc(Cl)c2c(c1)NC(=O)CO2)C(N)=O. The number of carbonyl (C=O) groups is 3. The first kappa shape index (κ1) is 17.9. The zero-order valence-corrected chi connectivity index (χ0v) is 14.1.